The lowest BCUT2D eigenvalue weighted by Gasteiger charge is -2.32. The molecule has 1 aromatic carbocycles. The predicted octanol–water partition coefficient (Wildman–Crippen LogP) is 4.00. The zero-order valence-electron chi connectivity index (χ0n) is 16.8. The molecule has 0 amide bonds. The van der Waals surface area contributed by atoms with E-state index in [9.17, 15) is 19.8 Å². The molecule has 0 bridgehead atoms. The van der Waals surface area contributed by atoms with E-state index >= 15 is 0 Å². The van der Waals surface area contributed by atoms with Crippen LogP contribution >= 0.6 is 27.5 Å². The minimum atomic E-state index is -1.06. The number of nitro groups is 1. The molecule has 1 aromatic heterocycles. The SMILES string of the molecule is Cc1cc(C2C(C#N)=C(N)N3CCN(Cc4ccc(Cl)nc4)C3=C2[N+](=O)[O-])c(Br)cc1F. The fourth-order valence-corrected chi connectivity index (χ4v) is 4.74. The van der Waals surface area contributed by atoms with Gasteiger partial charge < -0.3 is 15.5 Å². The third kappa shape index (κ3) is 3.67. The Kier molecular flexibility index (Phi) is 5.79. The van der Waals surface area contributed by atoms with Crippen molar-refractivity contribution in [1.82, 2.24) is 14.8 Å². The fraction of sp³-hybridized carbons (Fsp3) is 0.238. The molecule has 0 saturated carbocycles. The van der Waals surface area contributed by atoms with Crippen molar-refractivity contribution < 1.29 is 9.31 Å². The van der Waals surface area contributed by atoms with Crippen molar-refractivity contribution in [3.8, 4) is 6.07 Å². The standard InChI is InChI=1S/C21H17BrClFN6O2/c1-11-6-13(15(22)7-16(11)24)18-14(8-25)20(26)29-5-4-28(21(29)19(18)30(31)32)10-12-2-3-17(23)27-9-12/h2-3,6-7,9,18H,4-5,10,26H2,1H3. The first-order chi connectivity index (χ1) is 15.2. The maximum Gasteiger partial charge on any atom is 0.299 e. The van der Waals surface area contributed by atoms with Gasteiger partial charge in [0.1, 0.15) is 22.7 Å². The van der Waals surface area contributed by atoms with E-state index < -0.39 is 16.7 Å². The maximum atomic E-state index is 14.1. The Labute approximate surface area is 196 Å². The Bertz CT molecular complexity index is 1220. The van der Waals surface area contributed by atoms with Gasteiger partial charge in [-0.25, -0.2) is 9.37 Å². The highest BCUT2D eigenvalue weighted by atomic mass is 79.9. The summed E-state index contributed by atoms with van der Waals surface area (Å²) in [7, 11) is 0. The average Bonchev–Trinajstić information content (AvgIpc) is 3.15. The molecule has 1 atom stereocenters. The molecule has 2 N–H and O–H groups in total. The van der Waals surface area contributed by atoms with E-state index in [4.69, 9.17) is 17.3 Å². The van der Waals surface area contributed by atoms with Crippen LogP contribution < -0.4 is 5.73 Å². The Balaban J connectivity index is 1.89. The highest BCUT2D eigenvalue weighted by Gasteiger charge is 2.47. The molecular formula is C21H17BrClFN6O2. The van der Waals surface area contributed by atoms with Gasteiger partial charge in [0.05, 0.1) is 16.6 Å². The van der Waals surface area contributed by atoms with Gasteiger partial charge in [-0.1, -0.05) is 39.7 Å². The van der Waals surface area contributed by atoms with E-state index in [2.05, 4.69) is 20.9 Å². The molecule has 2 aliphatic heterocycles. The minimum absolute atomic E-state index is 0.0576. The average molecular weight is 520 g/mol. The second kappa shape index (κ2) is 8.41. The number of rotatable bonds is 4. The first-order valence-electron chi connectivity index (χ1n) is 9.59. The van der Waals surface area contributed by atoms with Crippen molar-refractivity contribution in [3.63, 3.8) is 0 Å². The summed E-state index contributed by atoms with van der Waals surface area (Å²) in [5.41, 5.74) is 7.75. The van der Waals surface area contributed by atoms with Gasteiger partial charge >= 0.3 is 0 Å². The van der Waals surface area contributed by atoms with Crippen molar-refractivity contribution in [1.29, 1.82) is 5.26 Å². The lowest BCUT2D eigenvalue weighted by Crippen LogP contribution is -2.37. The summed E-state index contributed by atoms with van der Waals surface area (Å²) >= 11 is 9.18. The Morgan fingerprint density at radius 3 is 2.81 bits per heavy atom. The monoisotopic (exact) mass is 518 g/mol. The first-order valence-corrected chi connectivity index (χ1v) is 10.8. The van der Waals surface area contributed by atoms with Crippen molar-refractivity contribution in [2.45, 2.75) is 19.4 Å². The smallest absolute Gasteiger partial charge is 0.299 e. The van der Waals surface area contributed by atoms with E-state index in [1.165, 1.54) is 12.1 Å². The number of aromatic nitrogens is 1. The van der Waals surface area contributed by atoms with Crippen LogP contribution in [0.2, 0.25) is 5.15 Å². The van der Waals surface area contributed by atoms with Gasteiger partial charge in [-0.2, -0.15) is 5.26 Å². The topological polar surface area (TPSA) is 112 Å². The second-order valence-corrected chi connectivity index (χ2v) is 8.74. The molecule has 1 saturated heterocycles. The van der Waals surface area contributed by atoms with Crippen LogP contribution in [0.1, 0.15) is 22.6 Å². The van der Waals surface area contributed by atoms with Crippen LogP contribution in [0.5, 0.6) is 0 Å². The molecule has 0 spiro atoms. The number of pyridine rings is 1. The van der Waals surface area contributed by atoms with Gasteiger partial charge in [-0.3, -0.25) is 10.1 Å². The molecule has 2 aromatic rings. The zero-order chi connectivity index (χ0) is 23.2. The van der Waals surface area contributed by atoms with Crippen molar-refractivity contribution in [3.05, 3.63) is 95.6 Å². The number of hydrogen-bond donors (Lipinski definition) is 1. The molecule has 4 rings (SSSR count). The zero-order valence-corrected chi connectivity index (χ0v) is 19.2. The van der Waals surface area contributed by atoms with Gasteiger partial charge in [0.15, 0.2) is 5.82 Å². The molecule has 11 heteroatoms. The van der Waals surface area contributed by atoms with E-state index in [0.717, 1.165) is 5.56 Å². The molecule has 1 unspecified atom stereocenters. The Morgan fingerprint density at radius 1 is 1.44 bits per heavy atom. The number of nitriles is 1. The number of fused-ring (bicyclic) bond motifs is 1. The number of aryl methyl sites for hydroxylation is 1. The highest BCUT2D eigenvalue weighted by molar-refractivity contribution is 9.10. The predicted molar refractivity (Wildman–Crippen MR) is 119 cm³/mol. The highest BCUT2D eigenvalue weighted by Crippen LogP contribution is 2.45. The number of allylic oxidation sites excluding steroid dienone is 1. The first kappa shape index (κ1) is 22.0. The van der Waals surface area contributed by atoms with Gasteiger partial charge in [0, 0.05) is 30.3 Å². The number of hydrogen-bond acceptors (Lipinski definition) is 7. The Hall–Kier alpha value is -3.16. The van der Waals surface area contributed by atoms with Crippen molar-refractivity contribution in [2.75, 3.05) is 13.1 Å². The van der Waals surface area contributed by atoms with E-state index in [1.807, 2.05) is 11.0 Å². The molecule has 3 heterocycles. The summed E-state index contributed by atoms with van der Waals surface area (Å²) in [6.45, 7) is 2.76. The molecule has 164 valence electrons. The molecule has 32 heavy (non-hydrogen) atoms. The van der Waals surface area contributed by atoms with Gasteiger partial charge in [-0.05, 0) is 35.7 Å². The van der Waals surface area contributed by atoms with Crippen molar-refractivity contribution >= 4 is 27.5 Å². The molecular weight excluding hydrogens is 503 g/mol. The number of benzene rings is 1. The van der Waals surface area contributed by atoms with E-state index in [1.54, 1.807) is 30.2 Å². The van der Waals surface area contributed by atoms with Crippen LogP contribution in [0.25, 0.3) is 0 Å². The number of nitrogens with zero attached hydrogens (tertiary/aromatic N) is 5. The molecule has 8 nitrogen and oxygen atoms in total. The van der Waals surface area contributed by atoms with Crippen LogP contribution in [0.3, 0.4) is 0 Å². The van der Waals surface area contributed by atoms with Crippen LogP contribution in [0.15, 0.2) is 57.8 Å². The van der Waals surface area contributed by atoms with Gasteiger partial charge in [-0.15, -0.1) is 0 Å². The third-order valence-electron chi connectivity index (χ3n) is 5.57. The fourth-order valence-electron chi connectivity index (χ4n) is 4.08. The lowest BCUT2D eigenvalue weighted by molar-refractivity contribution is -0.432. The Morgan fingerprint density at radius 2 is 2.19 bits per heavy atom. The third-order valence-corrected chi connectivity index (χ3v) is 6.49. The van der Waals surface area contributed by atoms with E-state index in [0.29, 0.717) is 46.2 Å². The summed E-state index contributed by atoms with van der Waals surface area (Å²) in [6.07, 6.45) is 1.61. The summed E-state index contributed by atoms with van der Waals surface area (Å²) in [6, 6.07) is 8.25. The molecule has 1 fully saturated rings. The summed E-state index contributed by atoms with van der Waals surface area (Å²) in [5.74, 6) is -1.04. The summed E-state index contributed by atoms with van der Waals surface area (Å²) < 4.78 is 14.4. The van der Waals surface area contributed by atoms with Crippen molar-refractivity contribution in [2.24, 2.45) is 5.73 Å². The molecule has 0 aliphatic carbocycles. The summed E-state index contributed by atoms with van der Waals surface area (Å²) in [4.78, 5) is 19.4. The van der Waals surface area contributed by atoms with E-state index in [-0.39, 0.29) is 17.1 Å². The van der Waals surface area contributed by atoms with Crippen LogP contribution in [0, 0.1) is 34.2 Å². The lowest BCUT2D eigenvalue weighted by atomic mass is 9.85. The number of halogens is 3. The van der Waals surface area contributed by atoms with Crippen LogP contribution in [-0.4, -0.2) is 32.8 Å². The molecule has 0 radical (unpaired) electrons. The van der Waals surface area contributed by atoms with Crippen LogP contribution in [-0.2, 0) is 6.54 Å². The molecule has 2 aliphatic rings. The summed E-state index contributed by atoms with van der Waals surface area (Å²) in [5, 5.41) is 22.6. The quantitative estimate of drug-likeness (QED) is 0.369. The minimum Gasteiger partial charge on any atom is -0.384 e. The van der Waals surface area contributed by atoms with Crippen LogP contribution in [0.4, 0.5) is 4.39 Å². The number of nitrogens with two attached hydrogens (primary N) is 1. The second-order valence-electron chi connectivity index (χ2n) is 7.49. The van der Waals surface area contributed by atoms with Gasteiger partial charge in [0.2, 0.25) is 0 Å². The van der Waals surface area contributed by atoms with Gasteiger partial charge in [0.25, 0.3) is 5.70 Å². The maximum absolute atomic E-state index is 14.1. The largest absolute Gasteiger partial charge is 0.384 e. The normalized spacial score (nSPS) is 18.2.